The number of hydrogen-bond acceptors (Lipinski definition) is 9. The first kappa shape index (κ1) is 43.2. The summed E-state index contributed by atoms with van der Waals surface area (Å²) in [4.78, 5) is 103. The average Bonchev–Trinajstić information content (AvgIpc) is 3.60. The molecule has 0 spiro atoms. The summed E-state index contributed by atoms with van der Waals surface area (Å²) in [7, 11) is 0. The van der Waals surface area contributed by atoms with Crippen molar-refractivity contribution in [1.29, 1.82) is 0 Å². The molecule has 1 saturated heterocycles. The van der Waals surface area contributed by atoms with Gasteiger partial charge in [0.15, 0.2) is 0 Å². The van der Waals surface area contributed by atoms with Crippen LogP contribution in [0.1, 0.15) is 90.2 Å². The van der Waals surface area contributed by atoms with E-state index in [1.807, 2.05) is 13.8 Å². The van der Waals surface area contributed by atoms with E-state index in [0.717, 1.165) is 0 Å². The van der Waals surface area contributed by atoms with Gasteiger partial charge in [-0.3, -0.25) is 33.8 Å². The Labute approximate surface area is 316 Å². The van der Waals surface area contributed by atoms with Crippen LogP contribution in [-0.4, -0.2) is 98.0 Å². The number of benzene rings is 1. The number of carboxylic acid groups (broad SMARTS) is 1. The number of amides is 5. The number of aliphatic carboxylic acids is 1. The maximum Gasteiger partial charge on any atom is 0.326 e. The van der Waals surface area contributed by atoms with E-state index in [9.17, 15) is 38.7 Å². The van der Waals surface area contributed by atoms with Gasteiger partial charge in [0.2, 0.25) is 23.5 Å². The van der Waals surface area contributed by atoms with Crippen LogP contribution in [0.25, 0.3) is 0 Å². The van der Waals surface area contributed by atoms with Gasteiger partial charge in [-0.25, -0.2) is 9.78 Å². The Balaban J connectivity index is 1.83. The van der Waals surface area contributed by atoms with Gasteiger partial charge in [0, 0.05) is 25.4 Å². The zero-order valence-corrected chi connectivity index (χ0v) is 32.2. The second-order valence-corrected chi connectivity index (χ2v) is 14.6. The highest BCUT2D eigenvalue weighted by molar-refractivity contribution is 6.38. The molecule has 15 nitrogen and oxygen atoms in total. The quantitative estimate of drug-likeness (QED) is 0.132. The maximum absolute atomic E-state index is 14.4. The van der Waals surface area contributed by atoms with Crippen molar-refractivity contribution in [2.75, 3.05) is 6.54 Å². The average molecular weight is 750 g/mol. The Morgan fingerprint density at radius 1 is 0.852 bits per heavy atom. The number of nitrogens with zero attached hydrogens (tertiary/aromatic N) is 3. The highest BCUT2D eigenvalue weighted by Gasteiger charge is 2.47. The minimum absolute atomic E-state index is 0.00481. The summed E-state index contributed by atoms with van der Waals surface area (Å²) in [5.74, 6) is -6.78. The highest BCUT2D eigenvalue weighted by Crippen LogP contribution is 2.34. The predicted molar refractivity (Wildman–Crippen MR) is 200 cm³/mol. The van der Waals surface area contributed by atoms with Crippen LogP contribution < -0.4 is 21.3 Å². The zero-order valence-electron chi connectivity index (χ0n) is 32.2. The molecule has 1 aromatic heterocycles. The van der Waals surface area contributed by atoms with Crippen LogP contribution in [0.5, 0.6) is 0 Å². The highest BCUT2D eigenvalue weighted by atomic mass is 16.4. The summed E-state index contributed by atoms with van der Waals surface area (Å²) in [6.07, 6.45) is 5.74. The Morgan fingerprint density at radius 2 is 1.52 bits per heavy atom. The molecule has 294 valence electrons. The van der Waals surface area contributed by atoms with Gasteiger partial charge in [0.1, 0.15) is 29.9 Å². The lowest BCUT2D eigenvalue weighted by Gasteiger charge is -2.35. The van der Waals surface area contributed by atoms with Crippen molar-refractivity contribution in [3.63, 3.8) is 0 Å². The molecule has 1 aliphatic heterocycles. The van der Waals surface area contributed by atoms with Crippen LogP contribution >= 0.6 is 0 Å². The first-order valence-corrected chi connectivity index (χ1v) is 18.7. The molecule has 0 radical (unpaired) electrons. The first-order chi connectivity index (χ1) is 25.6. The number of carboxylic acids is 1. The lowest BCUT2D eigenvalue weighted by Crippen LogP contribution is -2.61. The molecule has 0 aliphatic carbocycles. The van der Waals surface area contributed by atoms with Gasteiger partial charge in [-0.15, -0.1) is 0 Å². The minimum Gasteiger partial charge on any atom is -0.480 e. The maximum atomic E-state index is 14.4. The van der Waals surface area contributed by atoms with Crippen LogP contribution in [0.3, 0.4) is 0 Å². The number of nitrogens with one attached hydrogen (secondary N) is 4. The first-order valence-electron chi connectivity index (χ1n) is 18.7. The van der Waals surface area contributed by atoms with Crippen LogP contribution in [0.15, 0.2) is 48.9 Å². The van der Waals surface area contributed by atoms with E-state index < -0.39 is 77.4 Å². The SMILES string of the molecule is CCC[C@H](NC(=O)[C@@H]1[C@@H](C(C)CC)CCN1C(=O)[C@H](NC(=O)[C@H](NC(=O)c1cnccn1)C(C)C)C(C)C)C(=O)C(=O)N[C@@H](Cc1ccccc1)C(=O)O. The Kier molecular flexibility index (Phi) is 16.2. The van der Waals surface area contributed by atoms with Crippen LogP contribution in [0, 0.1) is 23.7 Å². The lowest BCUT2D eigenvalue weighted by molar-refractivity contribution is -0.146. The number of carbonyl (C=O) groups is 7. The number of aromatic nitrogens is 2. The third-order valence-electron chi connectivity index (χ3n) is 9.95. The number of Topliss-reactive ketones (excluding diaryl/α,β-unsaturated/α-hetero) is 1. The lowest BCUT2D eigenvalue weighted by atomic mass is 9.85. The smallest absolute Gasteiger partial charge is 0.326 e. The Bertz CT molecular complexity index is 1620. The van der Waals surface area contributed by atoms with E-state index in [1.165, 1.54) is 23.5 Å². The molecule has 5 N–H and O–H groups in total. The van der Waals surface area contributed by atoms with Gasteiger partial charge in [0.05, 0.1) is 12.2 Å². The predicted octanol–water partition coefficient (Wildman–Crippen LogP) is 2.30. The third-order valence-corrected chi connectivity index (χ3v) is 9.95. The van der Waals surface area contributed by atoms with E-state index in [-0.39, 0.29) is 42.8 Å². The van der Waals surface area contributed by atoms with Crippen molar-refractivity contribution in [3.8, 4) is 0 Å². The fraction of sp³-hybridized carbons (Fsp3) is 0.564. The van der Waals surface area contributed by atoms with E-state index in [2.05, 4.69) is 31.2 Å². The molecule has 5 amide bonds. The molecule has 2 aromatic rings. The third kappa shape index (κ3) is 11.4. The summed E-state index contributed by atoms with van der Waals surface area (Å²) in [6, 6.07) is 2.94. The standard InChI is InChI=1S/C39H55N7O8/c1-8-13-27(33(47)37(51)43-28(39(53)54)20-25-14-11-10-12-15-25)42-36(50)32-26(24(7)9-2)16-19-46(32)38(52)31(23(5)6)45-35(49)30(22(3)4)44-34(48)29-21-40-17-18-41-29/h10-12,14-15,17-18,21-24,26-28,30-32H,8-9,13,16,19-20H2,1-7H3,(H,42,50)(H,43,51)(H,44,48)(H,45,49)(H,53,54)/t24?,26-,27+,28+,30-,31-,32+/m1/s1. The van der Waals surface area contributed by atoms with Crippen molar-refractivity contribution < 1.29 is 38.7 Å². The molecule has 3 rings (SSSR count). The van der Waals surface area contributed by atoms with E-state index in [0.29, 0.717) is 24.8 Å². The second-order valence-electron chi connectivity index (χ2n) is 14.6. The topological polar surface area (TPSA) is 217 Å². The molecule has 7 atom stereocenters. The minimum atomic E-state index is -1.38. The molecular formula is C39H55N7O8. The molecule has 1 aromatic carbocycles. The Morgan fingerprint density at radius 3 is 2.07 bits per heavy atom. The molecule has 54 heavy (non-hydrogen) atoms. The van der Waals surface area contributed by atoms with Gasteiger partial charge in [-0.1, -0.05) is 91.6 Å². The number of likely N-dealkylation sites (tertiary alicyclic amines) is 1. The normalized spacial score (nSPS) is 18.2. The van der Waals surface area contributed by atoms with Crippen molar-refractivity contribution in [2.45, 2.75) is 111 Å². The van der Waals surface area contributed by atoms with Crippen LogP contribution in [-0.2, 0) is 35.2 Å². The number of hydrogen-bond donors (Lipinski definition) is 5. The van der Waals surface area contributed by atoms with Crippen LogP contribution in [0.4, 0.5) is 0 Å². The fourth-order valence-electron chi connectivity index (χ4n) is 6.65. The molecule has 2 heterocycles. The van der Waals surface area contributed by atoms with Gasteiger partial charge >= 0.3 is 5.97 Å². The molecule has 1 unspecified atom stereocenters. The fourth-order valence-corrected chi connectivity index (χ4v) is 6.65. The van der Waals surface area contributed by atoms with Crippen LogP contribution in [0.2, 0.25) is 0 Å². The zero-order chi connectivity index (χ0) is 40.1. The molecule has 1 aliphatic rings. The van der Waals surface area contributed by atoms with E-state index in [1.54, 1.807) is 65.0 Å². The van der Waals surface area contributed by atoms with Crippen molar-refractivity contribution in [3.05, 3.63) is 60.2 Å². The summed E-state index contributed by atoms with van der Waals surface area (Å²) >= 11 is 0. The summed E-state index contributed by atoms with van der Waals surface area (Å²) in [5, 5.41) is 20.3. The van der Waals surface area contributed by atoms with Gasteiger partial charge < -0.3 is 31.3 Å². The van der Waals surface area contributed by atoms with E-state index >= 15 is 0 Å². The van der Waals surface area contributed by atoms with Crippen molar-refractivity contribution >= 4 is 41.3 Å². The second kappa shape index (κ2) is 20.3. The number of ketones is 1. The molecule has 0 saturated carbocycles. The van der Waals surface area contributed by atoms with Gasteiger partial charge in [-0.05, 0) is 42.1 Å². The molecule has 15 heteroatoms. The van der Waals surface area contributed by atoms with E-state index in [4.69, 9.17) is 0 Å². The largest absolute Gasteiger partial charge is 0.480 e. The van der Waals surface area contributed by atoms with Gasteiger partial charge in [-0.2, -0.15) is 0 Å². The van der Waals surface area contributed by atoms with Crippen molar-refractivity contribution in [1.82, 2.24) is 36.1 Å². The molecule has 0 bridgehead atoms. The number of carbonyl (C=O) groups excluding carboxylic acids is 6. The summed E-state index contributed by atoms with van der Waals surface area (Å²) < 4.78 is 0. The number of rotatable bonds is 19. The van der Waals surface area contributed by atoms with Gasteiger partial charge in [0.25, 0.3) is 11.8 Å². The Hall–Kier alpha value is -5.21. The summed E-state index contributed by atoms with van der Waals surface area (Å²) in [5.41, 5.74) is 0.682. The van der Waals surface area contributed by atoms with Crippen molar-refractivity contribution in [2.24, 2.45) is 23.7 Å². The molecule has 1 fully saturated rings. The summed E-state index contributed by atoms with van der Waals surface area (Å²) in [6.45, 7) is 13.0. The molecular weight excluding hydrogens is 694 g/mol. The monoisotopic (exact) mass is 749 g/mol.